The predicted molar refractivity (Wildman–Crippen MR) is 135 cm³/mol. The van der Waals surface area contributed by atoms with Crippen molar-refractivity contribution in [2.45, 2.75) is 13.2 Å². The van der Waals surface area contributed by atoms with Crippen molar-refractivity contribution in [3.63, 3.8) is 0 Å². The molecule has 174 valence electrons. The molecule has 1 aliphatic rings. The number of halogens is 1. The van der Waals surface area contributed by atoms with E-state index in [2.05, 4.69) is 0 Å². The number of carbonyl (C=O) groups is 1. The van der Waals surface area contributed by atoms with Crippen molar-refractivity contribution < 1.29 is 23.4 Å². The summed E-state index contributed by atoms with van der Waals surface area (Å²) in [7, 11) is 3.17. The van der Waals surface area contributed by atoms with Gasteiger partial charge in [-0.1, -0.05) is 54.3 Å². The lowest BCUT2D eigenvalue weighted by molar-refractivity contribution is -0.122. The number of thiocarbonyl (C=S) groups is 1. The summed E-state index contributed by atoms with van der Waals surface area (Å²) in [5.41, 5.74) is 2.59. The van der Waals surface area contributed by atoms with Crippen LogP contribution in [0.3, 0.4) is 0 Å². The third-order valence-electron chi connectivity index (χ3n) is 5.17. The minimum atomic E-state index is -0.292. The molecule has 1 saturated heterocycles. The molecule has 0 saturated carbocycles. The molecule has 1 aliphatic heterocycles. The van der Waals surface area contributed by atoms with Crippen LogP contribution in [0.25, 0.3) is 6.08 Å². The van der Waals surface area contributed by atoms with Crippen molar-refractivity contribution in [2.75, 3.05) is 14.2 Å². The smallest absolute Gasteiger partial charge is 0.266 e. The van der Waals surface area contributed by atoms with E-state index in [1.54, 1.807) is 49.5 Å². The van der Waals surface area contributed by atoms with Crippen molar-refractivity contribution in [1.82, 2.24) is 4.90 Å². The molecule has 5 nitrogen and oxygen atoms in total. The number of carbonyl (C=O) groups excluding carboxylic acids is 1. The van der Waals surface area contributed by atoms with E-state index in [1.807, 2.05) is 30.3 Å². The molecule has 0 atom stereocenters. The standard InChI is InChI=1S/C26H22FNO4S2/c1-30-21-10-5-17(6-11-21)15-28-25(29)24(34-26(28)33)14-19-7-12-22(23(13-19)31-2)32-16-18-3-8-20(27)9-4-18/h3-14H,15-16H2,1-2H3. The Kier molecular flexibility index (Phi) is 7.49. The quantitative estimate of drug-likeness (QED) is 0.290. The number of hydrogen-bond acceptors (Lipinski definition) is 6. The summed E-state index contributed by atoms with van der Waals surface area (Å²) in [6, 6.07) is 19.1. The SMILES string of the molecule is COc1ccc(CN2C(=O)C(=Cc3ccc(OCc4ccc(F)cc4)c(OC)c3)SC2=S)cc1. The molecule has 0 spiro atoms. The van der Waals surface area contributed by atoms with Gasteiger partial charge in [0.25, 0.3) is 5.91 Å². The Balaban J connectivity index is 1.46. The van der Waals surface area contributed by atoms with Gasteiger partial charge in [0, 0.05) is 0 Å². The van der Waals surface area contributed by atoms with Gasteiger partial charge in [0.1, 0.15) is 22.5 Å². The molecule has 3 aromatic rings. The van der Waals surface area contributed by atoms with Gasteiger partial charge in [-0.2, -0.15) is 0 Å². The maximum absolute atomic E-state index is 13.1. The van der Waals surface area contributed by atoms with Crippen LogP contribution >= 0.6 is 24.0 Å². The highest BCUT2D eigenvalue weighted by Crippen LogP contribution is 2.35. The Morgan fingerprint density at radius 3 is 2.32 bits per heavy atom. The molecule has 8 heteroatoms. The normalized spacial score (nSPS) is 14.6. The molecule has 1 heterocycles. The molecule has 0 N–H and O–H groups in total. The second-order valence-electron chi connectivity index (χ2n) is 7.44. The van der Waals surface area contributed by atoms with Crippen molar-refractivity contribution in [3.8, 4) is 17.2 Å². The van der Waals surface area contributed by atoms with Crippen LogP contribution in [0.1, 0.15) is 16.7 Å². The maximum Gasteiger partial charge on any atom is 0.266 e. The van der Waals surface area contributed by atoms with Crippen molar-refractivity contribution in [3.05, 3.63) is 94.1 Å². The molecule has 4 rings (SSSR count). The highest BCUT2D eigenvalue weighted by atomic mass is 32.2. The Morgan fingerprint density at radius 1 is 0.941 bits per heavy atom. The Bertz CT molecular complexity index is 1230. The van der Waals surface area contributed by atoms with Crippen LogP contribution in [0.5, 0.6) is 17.2 Å². The second kappa shape index (κ2) is 10.7. The first-order chi connectivity index (χ1) is 16.5. The largest absolute Gasteiger partial charge is 0.497 e. The molecule has 1 fully saturated rings. The molecule has 0 bridgehead atoms. The number of hydrogen-bond donors (Lipinski definition) is 0. The highest BCUT2D eigenvalue weighted by Gasteiger charge is 2.32. The summed E-state index contributed by atoms with van der Waals surface area (Å²) in [4.78, 5) is 15.1. The molecule has 0 unspecified atom stereocenters. The van der Waals surface area contributed by atoms with Crippen LogP contribution in [0.4, 0.5) is 4.39 Å². The molecule has 34 heavy (non-hydrogen) atoms. The molecule has 0 radical (unpaired) electrons. The number of amides is 1. The van der Waals surface area contributed by atoms with Crippen LogP contribution in [-0.4, -0.2) is 29.3 Å². The lowest BCUT2D eigenvalue weighted by Gasteiger charge is -2.14. The van der Waals surface area contributed by atoms with Crippen molar-refractivity contribution >= 4 is 40.3 Å². The topological polar surface area (TPSA) is 48.0 Å². The van der Waals surface area contributed by atoms with Gasteiger partial charge >= 0.3 is 0 Å². The fourth-order valence-corrected chi connectivity index (χ4v) is 4.59. The third-order valence-corrected chi connectivity index (χ3v) is 6.54. The van der Waals surface area contributed by atoms with Crippen molar-refractivity contribution in [1.29, 1.82) is 0 Å². The van der Waals surface area contributed by atoms with Crippen LogP contribution in [0.15, 0.2) is 71.6 Å². The van der Waals surface area contributed by atoms with E-state index in [0.717, 1.165) is 22.4 Å². The summed E-state index contributed by atoms with van der Waals surface area (Å²) in [6.07, 6.45) is 1.79. The van der Waals surface area contributed by atoms with E-state index in [4.69, 9.17) is 26.4 Å². The van der Waals surface area contributed by atoms with E-state index < -0.39 is 0 Å². The summed E-state index contributed by atoms with van der Waals surface area (Å²) in [6.45, 7) is 0.672. The number of thioether (sulfide) groups is 1. The Hall–Kier alpha value is -3.36. The minimum absolute atomic E-state index is 0.138. The summed E-state index contributed by atoms with van der Waals surface area (Å²) < 4.78 is 30.1. The third kappa shape index (κ3) is 5.58. The van der Waals surface area contributed by atoms with E-state index in [-0.39, 0.29) is 18.3 Å². The molecule has 1 amide bonds. The predicted octanol–water partition coefficient (Wildman–Crippen LogP) is 5.82. The zero-order chi connectivity index (χ0) is 24.1. The van der Waals surface area contributed by atoms with E-state index in [1.165, 1.54) is 23.9 Å². The summed E-state index contributed by atoms with van der Waals surface area (Å²) in [5, 5.41) is 0. The van der Waals surface area contributed by atoms with Gasteiger partial charge < -0.3 is 14.2 Å². The number of ether oxygens (including phenoxy) is 3. The van der Waals surface area contributed by atoms with Gasteiger partial charge in [-0.05, 0) is 59.2 Å². The molecule has 3 aromatic carbocycles. The van der Waals surface area contributed by atoms with Gasteiger partial charge in [0.15, 0.2) is 11.5 Å². The maximum atomic E-state index is 13.1. The first-order valence-electron chi connectivity index (χ1n) is 10.4. The minimum Gasteiger partial charge on any atom is -0.497 e. The summed E-state index contributed by atoms with van der Waals surface area (Å²) in [5.74, 6) is 1.41. The second-order valence-corrected chi connectivity index (χ2v) is 9.12. The van der Waals surface area contributed by atoms with Crippen LogP contribution in [0, 0.1) is 5.82 Å². The highest BCUT2D eigenvalue weighted by molar-refractivity contribution is 8.26. The Labute approximate surface area is 207 Å². The zero-order valence-corrected chi connectivity index (χ0v) is 20.3. The lowest BCUT2D eigenvalue weighted by atomic mass is 10.1. The number of rotatable bonds is 8. The van der Waals surface area contributed by atoms with Crippen molar-refractivity contribution in [2.24, 2.45) is 0 Å². The average Bonchev–Trinajstić information content (AvgIpc) is 3.11. The Morgan fingerprint density at radius 2 is 1.65 bits per heavy atom. The first-order valence-corrected chi connectivity index (χ1v) is 11.6. The average molecular weight is 496 g/mol. The fourth-order valence-electron chi connectivity index (χ4n) is 3.34. The summed E-state index contributed by atoms with van der Waals surface area (Å²) >= 11 is 6.72. The van der Waals surface area contributed by atoms with Gasteiger partial charge in [0.2, 0.25) is 0 Å². The van der Waals surface area contributed by atoms with Crippen LogP contribution < -0.4 is 14.2 Å². The lowest BCUT2D eigenvalue weighted by Crippen LogP contribution is -2.27. The van der Waals surface area contributed by atoms with Gasteiger partial charge in [-0.15, -0.1) is 0 Å². The van der Waals surface area contributed by atoms with E-state index in [0.29, 0.717) is 27.3 Å². The van der Waals surface area contributed by atoms with Crippen LogP contribution in [0.2, 0.25) is 0 Å². The van der Waals surface area contributed by atoms with E-state index >= 15 is 0 Å². The molecular formula is C26H22FNO4S2. The molecule has 0 aromatic heterocycles. The van der Waals surface area contributed by atoms with Gasteiger partial charge in [-0.25, -0.2) is 4.39 Å². The number of methoxy groups -OCH3 is 2. The number of nitrogens with zero attached hydrogens (tertiary/aromatic N) is 1. The zero-order valence-electron chi connectivity index (χ0n) is 18.6. The first kappa shape index (κ1) is 23.8. The monoisotopic (exact) mass is 495 g/mol. The van der Waals surface area contributed by atoms with Gasteiger partial charge in [-0.3, -0.25) is 9.69 Å². The van der Waals surface area contributed by atoms with Gasteiger partial charge in [0.05, 0.1) is 25.7 Å². The molecular weight excluding hydrogens is 473 g/mol. The van der Waals surface area contributed by atoms with Crippen LogP contribution in [-0.2, 0) is 17.9 Å². The number of benzene rings is 3. The van der Waals surface area contributed by atoms with E-state index in [9.17, 15) is 9.18 Å². The fraction of sp³-hybridized carbons (Fsp3) is 0.154. The molecule has 0 aliphatic carbocycles.